The van der Waals surface area contributed by atoms with Crippen molar-refractivity contribution in [1.82, 2.24) is 0 Å². The van der Waals surface area contributed by atoms with Crippen LogP contribution in [0, 0.1) is 23.2 Å². The Morgan fingerprint density at radius 2 is 1.93 bits per heavy atom. The van der Waals surface area contributed by atoms with Crippen molar-refractivity contribution in [1.29, 1.82) is 0 Å². The first kappa shape index (κ1) is 10.4. The van der Waals surface area contributed by atoms with Crippen LogP contribution in [-0.4, -0.2) is 23.4 Å². The number of aliphatic hydroxyl groups is 2. The molecule has 4 unspecified atom stereocenters. The van der Waals surface area contributed by atoms with Gasteiger partial charge < -0.3 is 10.2 Å². The zero-order chi connectivity index (χ0) is 10.2. The predicted molar refractivity (Wildman–Crippen MR) is 55.8 cm³/mol. The zero-order valence-corrected chi connectivity index (χ0v) is 9.08. The molecule has 2 fully saturated rings. The molecule has 2 aliphatic rings. The molecule has 0 aliphatic heterocycles. The van der Waals surface area contributed by atoms with Crippen molar-refractivity contribution in [2.45, 2.75) is 39.0 Å². The van der Waals surface area contributed by atoms with Crippen molar-refractivity contribution in [2.24, 2.45) is 23.2 Å². The van der Waals surface area contributed by atoms with E-state index in [1.807, 2.05) is 0 Å². The van der Waals surface area contributed by atoms with Gasteiger partial charge in [0, 0.05) is 13.2 Å². The van der Waals surface area contributed by atoms with E-state index < -0.39 is 0 Å². The Balaban J connectivity index is 1.98. The topological polar surface area (TPSA) is 40.5 Å². The van der Waals surface area contributed by atoms with Crippen LogP contribution in [-0.2, 0) is 0 Å². The van der Waals surface area contributed by atoms with Crippen LogP contribution in [0.3, 0.4) is 0 Å². The minimum atomic E-state index is 0.172. The summed E-state index contributed by atoms with van der Waals surface area (Å²) in [6.07, 6.45) is 6.02. The molecular weight excluding hydrogens is 176 g/mol. The average Bonchev–Trinajstić information content (AvgIpc) is 2.59. The molecule has 2 N–H and O–H groups in total. The maximum absolute atomic E-state index is 9.34. The van der Waals surface area contributed by atoms with Gasteiger partial charge in [-0.2, -0.15) is 0 Å². The molecule has 0 saturated heterocycles. The minimum Gasteiger partial charge on any atom is -0.396 e. The van der Waals surface area contributed by atoms with Crippen molar-refractivity contribution in [3.63, 3.8) is 0 Å². The van der Waals surface area contributed by atoms with Gasteiger partial charge in [0.1, 0.15) is 0 Å². The summed E-state index contributed by atoms with van der Waals surface area (Å²) in [6.45, 7) is 2.90. The van der Waals surface area contributed by atoms with E-state index in [0.717, 1.165) is 11.8 Å². The summed E-state index contributed by atoms with van der Waals surface area (Å²) >= 11 is 0. The van der Waals surface area contributed by atoms with Gasteiger partial charge in [0.2, 0.25) is 0 Å². The maximum Gasteiger partial charge on any atom is 0.0484 e. The summed E-state index contributed by atoms with van der Waals surface area (Å²) in [5, 5.41) is 18.5. The van der Waals surface area contributed by atoms with Gasteiger partial charge >= 0.3 is 0 Å². The van der Waals surface area contributed by atoms with Gasteiger partial charge in [0.05, 0.1) is 0 Å². The second kappa shape index (κ2) is 3.82. The van der Waals surface area contributed by atoms with E-state index in [9.17, 15) is 5.11 Å². The first-order valence-corrected chi connectivity index (χ1v) is 5.88. The molecule has 0 aromatic carbocycles. The van der Waals surface area contributed by atoms with E-state index in [4.69, 9.17) is 5.11 Å². The Kier molecular flexibility index (Phi) is 2.85. The monoisotopic (exact) mass is 198 g/mol. The third-order valence-corrected chi connectivity index (χ3v) is 4.45. The fourth-order valence-corrected chi connectivity index (χ4v) is 3.50. The van der Waals surface area contributed by atoms with Crippen molar-refractivity contribution in [3.8, 4) is 0 Å². The second-order valence-electron chi connectivity index (χ2n) is 5.75. The van der Waals surface area contributed by atoms with E-state index in [1.54, 1.807) is 0 Å². The van der Waals surface area contributed by atoms with Gasteiger partial charge in [0.15, 0.2) is 0 Å². The zero-order valence-electron chi connectivity index (χ0n) is 9.08. The highest BCUT2D eigenvalue weighted by Crippen LogP contribution is 2.50. The van der Waals surface area contributed by atoms with E-state index in [-0.39, 0.29) is 5.41 Å². The van der Waals surface area contributed by atoms with Gasteiger partial charge in [-0.3, -0.25) is 0 Å². The lowest BCUT2D eigenvalue weighted by molar-refractivity contribution is 0.0544. The first-order valence-electron chi connectivity index (χ1n) is 5.88. The highest BCUT2D eigenvalue weighted by atomic mass is 16.3. The fourth-order valence-electron chi connectivity index (χ4n) is 3.50. The molecule has 2 rings (SSSR count). The summed E-state index contributed by atoms with van der Waals surface area (Å²) < 4.78 is 0. The number of hydrogen-bond donors (Lipinski definition) is 2. The fraction of sp³-hybridized carbons (Fsp3) is 1.00. The molecule has 0 radical (unpaired) electrons. The Morgan fingerprint density at radius 3 is 2.57 bits per heavy atom. The minimum absolute atomic E-state index is 0.172. The SMILES string of the molecule is CC1(CO)CCC2CC(CO)CC2C1. The molecule has 2 nitrogen and oxygen atoms in total. The van der Waals surface area contributed by atoms with Crippen LogP contribution in [0.15, 0.2) is 0 Å². The van der Waals surface area contributed by atoms with Gasteiger partial charge in [-0.05, 0) is 55.3 Å². The van der Waals surface area contributed by atoms with Crippen molar-refractivity contribution >= 4 is 0 Å². The van der Waals surface area contributed by atoms with E-state index in [1.165, 1.54) is 32.1 Å². The predicted octanol–water partition coefficient (Wildman–Crippen LogP) is 1.80. The summed E-state index contributed by atoms with van der Waals surface area (Å²) in [5.74, 6) is 2.16. The lowest BCUT2D eigenvalue weighted by atomic mass is 9.68. The molecule has 2 aliphatic carbocycles. The van der Waals surface area contributed by atoms with Crippen LogP contribution < -0.4 is 0 Å². The molecule has 0 spiro atoms. The number of rotatable bonds is 2. The van der Waals surface area contributed by atoms with Crippen molar-refractivity contribution in [2.75, 3.05) is 13.2 Å². The van der Waals surface area contributed by atoms with Crippen LogP contribution in [0.5, 0.6) is 0 Å². The Hall–Kier alpha value is -0.0800. The van der Waals surface area contributed by atoms with Gasteiger partial charge in [-0.15, -0.1) is 0 Å². The number of hydrogen-bond acceptors (Lipinski definition) is 2. The first-order chi connectivity index (χ1) is 6.67. The molecule has 14 heavy (non-hydrogen) atoms. The maximum atomic E-state index is 9.34. The average molecular weight is 198 g/mol. The standard InChI is InChI=1S/C12H22O2/c1-12(8-14)3-2-10-4-9(7-13)5-11(10)6-12/h9-11,13-14H,2-8H2,1H3. The van der Waals surface area contributed by atoms with Crippen LogP contribution >= 0.6 is 0 Å². The van der Waals surface area contributed by atoms with E-state index in [0.29, 0.717) is 19.1 Å². The van der Waals surface area contributed by atoms with Crippen LogP contribution in [0.1, 0.15) is 39.0 Å². The van der Waals surface area contributed by atoms with Crippen molar-refractivity contribution in [3.05, 3.63) is 0 Å². The lowest BCUT2D eigenvalue weighted by Crippen LogP contribution is -2.32. The number of fused-ring (bicyclic) bond motifs is 1. The number of aliphatic hydroxyl groups excluding tert-OH is 2. The third-order valence-electron chi connectivity index (χ3n) is 4.45. The molecule has 2 saturated carbocycles. The van der Waals surface area contributed by atoms with Crippen LogP contribution in [0.4, 0.5) is 0 Å². The van der Waals surface area contributed by atoms with Gasteiger partial charge in [0.25, 0.3) is 0 Å². The third kappa shape index (κ3) is 1.82. The summed E-state index contributed by atoms with van der Waals surface area (Å²) in [7, 11) is 0. The molecule has 0 amide bonds. The molecule has 4 atom stereocenters. The highest BCUT2D eigenvalue weighted by Gasteiger charge is 2.42. The Labute approximate surface area is 86.3 Å². The van der Waals surface area contributed by atoms with Crippen LogP contribution in [0.2, 0.25) is 0 Å². The molecule has 0 aromatic heterocycles. The quantitative estimate of drug-likeness (QED) is 0.710. The van der Waals surface area contributed by atoms with Crippen molar-refractivity contribution < 1.29 is 10.2 Å². The van der Waals surface area contributed by atoms with E-state index >= 15 is 0 Å². The molecule has 2 heteroatoms. The molecule has 82 valence electrons. The van der Waals surface area contributed by atoms with E-state index in [2.05, 4.69) is 6.92 Å². The summed E-state index contributed by atoms with van der Waals surface area (Å²) in [6, 6.07) is 0. The lowest BCUT2D eigenvalue weighted by Gasteiger charge is -2.38. The summed E-state index contributed by atoms with van der Waals surface area (Å²) in [4.78, 5) is 0. The highest BCUT2D eigenvalue weighted by molar-refractivity contribution is 4.92. The normalized spacial score (nSPS) is 47.8. The Morgan fingerprint density at radius 1 is 1.21 bits per heavy atom. The van der Waals surface area contributed by atoms with Crippen LogP contribution in [0.25, 0.3) is 0 Å². The molecular formula is C12H22O2. The molecule has 0 bridgehead atoms. The smallest absolute Gasteiger partial charge is 0.0484 e. The largest absolute Gasteiger partial charge is 0.396 e. The molecule has 0 heterocycles. The van der Waals surface area contributed by atoms with Gasteiger partial charge in [-0.1, -0.05) is 6.92 Å². The Bertz CT molecular complexity index is 204. The second-order valence-corrected chi connectivity index (χ2v) is 5.75. The molecule has 0 aromatic rings. The van der Waals surface area contributed by atoms with Gasteiger partial charge in [-0.25, -0.2) is 0 Å². The summed E-state index contributed by atoms with van der Waals surface area (Å²) in [5.41, 5.74) is 0.172.